The molecule has 0 bridgehead atoms. The van der Waals surface area contributed by atoms with E-state index < -0.39 is 10.0 Å². The summed E-state index contributed by atoms with van der Waals surface area (Å²) in [4.78, 5) is 0.355. The zero-order chi connectivity index (χ0) is 15.6. The predicted molar refractivity (Wildman–Crippen MR) is 86.7 cm³/mol. The van der Waals surface area contributed by atoms with Crippen LogP contribution in [0.5, 0.6) is 0 Å². The fraction of sp³-hybridized carbons (Fsp3) is 0.625. The fourth-order valence-corrected chi connectivity index (χ4v) is 4.59. The molecule has 3 N–H and O–H groups in total. The summed E-state index contributed by atoms with van der Waals surface area (Å²) in [7, 11) is -3.51. The Morgan fingerprint density at radius 3 is 2.43 bits per heavy atom. The predicted octanol–water partition coefficient (Wildman–Crippen LogP) is 2.86. The minimum absolute atomic E-state index is 0.0139. The van der Waals surface area contributed by atoms with Crippen molar-refractivity contribution in [3.63, 3.8) is 0 Å². The third-order valence-corrected chi connectivity index (χ3v) is 6.18. The number of nitrogen functional groups attached to an aromatic ring is 1. The van der Waals surface area contributed by atoms with Crippen molar-refractivity contribution in [3.05, 3.63) is 23.3 Å². The zero-order valence-electron chi connectivity index (χ0n) is 13.1. The van der Waals surface area contributed by atoms with E-state index in [2.05, 4.69) is 4.72 Å². The van der Waals surface area contributed by atoms with Gasteiger partial charge >= 0.3 is 0 Å². The van der Waals surface area contributed by atoms with Gasteiger partial charge in [-0.25, -0.2) is 13.1 Å². The van der Waals surface area contributed by atoms with Crippen LogP contribution in [0.3, 0.4) is 0 Å². The molecular formula is C16H26N2O2S. The van der Waals surface area contributed by atoms with Crippen LogP contribution in [0.15, 0.2) is 17.0 Å². The van der Waals surface area contributed by atoms with Crippen molar-refractivity contribution in [1.82, 2.24) is 4.72 Å². The van der Waals surface area contributed by atoms with E-state index in [-0.39, 0.29) is 6.04 Å². The summed E-state index contributed by atoms with van der Waals surface area (Å²) in [5, 5.41) is 0. The van der Waals surface area contributed by atoms with Gasteiger partial charge in [0, 0.05) is 11.7 Å². The normalized spacial score (nSPS) is 17.5. The number of rotatable bonds is 6. The third kappa shape index (κ3) is 3.40. The highest BCUT2D eigenvalue weighted by Gasteiger charge is 2.29. The van der Waals surface area contributed by atoms with E-state index in [9.17, 15) is 8.42 Å². The Balaban J connectivity index is 2.35. The lowest BCUT2D eigenvalue weighted by Gasteiger charge is -2.32. The number of nitrogens with two attached hydrogens (primary N) is 1. The summed E-state index contributed by atoms with van der Waals surface area (Å²) >= 11 is 0. The van der Waals surface area contributed by atoms with Crippen LogP contribution >= 0.6 is 0 Å². The van der Waals surface area contributed by atoms with Gasteiger partial charge in [0.05, 0.1) is 4.90 Å². The van der Waals surface area contributed by atoms with Crippen molar-refractivity contribution in [1.29, 1.82) is 0 Å². The summed E-state index contributed by atoms with van der Waals surface area (Å²) < 4.78 is 28.3. The maximum atomic E-state index is 12.7. The molecule has 5 heteroatoms. The molecule has 1 aromatic carbocycles. The molecule has 0 amide bonds. The Morgan fingerprint density at radius 2 is 1.95 bits per heavy atom. The fourth-order valence-electron chi connectivity index (χ4n) is 2.89. The summed E-state index contributed by atoms with van der Waals surface area (Å²) in [6.07, 6.45) is 4.82. The van der Waals surface area contributed by atoms with Gasteiger partial charge in [0.25, 0.3) is 0 Å². The first-order valence-corrected chi connectivity index (χ1v) is 9.31. The van der Waals surface area contributed by atoms with Gasteiger partial charge in [-0.15, -0.1) is 0 Å². The van der Waals surface area contributed by atoms with Gasteiger partial charge in [0.2, 0.25) is 10.0 Å². The molecule has 1 unspecified atom stereocenters. The molecule has 1 aromatic rings. The van der Waals surface area contributed by atoms with Gasteiger partial charge < -0.3 is 5.73 Å². The van der Waals surface area contributed by atoms with Gasteiger partial charge in [-0.2, -0.15) is 0 Å². The molecule has 0 aliphatic heterocycles. The highest BCUT2D eigenvalue weighted by molar-refractivity contribution is 7.89. The molecule has 0 aromatic heterocycles. The second-order valence-corrected chi connectivity index (χ2v) is 7.65. The van der Waals surface area contributed by atoms with E-state index in [1.54, 1.807) is 6.07 Å². The standard InChI is InChI=1S/C16H26N2O2S/c1-4-12-9-15(17)14(5-2)16(10-12)21(19,20)18-11(3)13-7-6-8-13/h9-11,13,18H,4-8,17H2,1-3H3. The van der Waals surface area contributed by atoms with Gasteiger partial charge in [-0.3, -0.25) is 0 Å². The number of aryl methyl sites for hydroxylation is 1. The topological polar surface area (TPSA) is 72.2 Å². The van der Waals surface area contributed by atoms with Gasteiger partial charge in [0.15, 0.2) is 0 Å². The van der Waals surface area contributed by atoms with Crippen LogP contribution in [0.4, 0.5) is 5.69 Å². The van der Waals surface area contributed by atoms with Crippen molar-refractivity contribution < 1.29 is 8.42 Å². The lowest BCUT2D eigenvalue weighted by Crippen LogP contribution is -2.41. The first-order chi connectivity index (χ1) is 9.89. The molecule has 1 atom stereocenters. The monoisotopic (exact) mass is 310 g/mol. The molecule has 118 valence electrons. The van der Waals surface area contributed by atoms with Crippen LogP contribution in [0.25, 0.3) is 0 Å². The van der Waals surface area contributed by atoms with Gasteiger partial charge in [-0.1, -0.05) is 20.3 Å². The minimum atomic E-state index is -3.51. The Morgan fingerprint density at radius 1 is 1.29 bits per heavy atom. The Bertz CT molecular complexity index is 607. The van der Waals surface area contributed by atoms with Crippen LogP contribution in [-0.2, 0) is 22.9 Å². The Hall–Kier alpha value is -1.07. The maximum absolute atomic E-state index is 12.7. The van der Waals surface area contributed by atoms with E-state index in [4.69, 9.17) is 5.73 Å². The zero-order valence-corrected chi connectivity index (χ0v) is 14.0. The molecule has 0 saturated heterocycles. The first kappa shape index (κ1) is 16.3. The van der Waals surface area contributed by atoms with Crippen LogP contribution in [-0.4, -0.2) is 14.5 Å². The molecule has 21 heavy (non-hydrogen) atoms. The van der Waals surface area contributed by atoms with Crippen molar-refractivity contribution in [2.24, 2.45) is 5.92 Å². The first-order valence-electron chi connectivity index (χ1n) is 7.82. The molecule has 0 radical (unpaired) electrons. The van der Waals surface area contributed by atoms with Crippen LogP contribution < -0.4 is 10.5 Å². The van der Waals surface area contributed by atoms with Crippen molar-refractivity contribution >= 4 is 15.7 Å². The van der Waals surface area contributed by atoms with Crippen molar-refractivity contribution in [3.8, 4) is 0 Å². The molecule has 0 spiro atoms. The Labute approximate surface area is 128 Å². The van der Waals surface area contributed by atoms with Gasteiger partial charge in [0.1, 0.15) is 0 Å². The number of hydrogen-bond acceptors (Lipinski definition) is 3. The minimum Gasteiger partial charge on any atom is -0.398 e. The second kappa shape index (κ2) is 6.36. The lowest BCUT2D eigenvalue weighted by atomic mass is 9.81. The summed E-state index contributed by atoms with van der Waals surface area (Å²) in [6.45, 7) is 5.90. The number of anilines is 1. The van der Waals surface area contributed by atoms with Crippen molar-refractivity contribution in [2.45, 2.75) is 63.8 Å². The largest absolute Gasteiger partial charge is 0.398 e. The van der Waals surface area contributed by atoms with Crippen LogP contribution in [0.1, 0.15) is 51.2 Å². The molecular weight excluding hydrogens is 284 g/mol. The number of nitrogens with one attached hydrogen (secondary N) is 1. The Kier molecular flexibility index (Phi) is 4.94. The molecule has 1 aliphatic rings. The summed E-state index contributed by atoms with van der Waals surface area (Å²) in [6, 6.07) is 3.64. The number of sulfonamides is 1. The second-order valence-electron chi connectivity index (χ2n) is 5.97. The maximum Gasteiger partial charge on any atom is 0.241 e. The lowest BCUT2D eigenvalue weighted by molar-refractivity contribution is 0.260. The van der Waals surface area contributed by atoms with E-state index in [0.29, 0.717) is 22.9 Å². The van der Waals surface area contributed by atoms with E-state index in [1.807, 2.05) is 26.8 Å². The third-order valence-electron chi connectivity index (χ3n) is 4.55. The number of hydrogen-bond donors (Lipinski definition) is 2. The average Bonchev–Trinajstić information content (AvgIpc) is 2.34. The molecule has 1 fully saturated rings. The molecule has 2 rings (SSSR count). The van der Waals surface area contributed by atoms with Crippen LogP contribution in [0, 0.1) is 5.92 Å². The molecule has 0 heterocycles. The summed E-state index contributed by atoms with van der Waals surface area (Å²) in [5.74, 6) is 0.469. The van der Waals surface area contributed by atoms with E-state index >= 15 is 0 Å². The average molecular weight is 310 g/mol. The van der Waals surface area contributed by atoms with E-state index in [1.165, 1.54) is 6.42 Å². The SMILES string of the molecule is CCc1cc(N)c(CC)c(S(=O)(=O)NC(C)C2CCC2)c1. The molecule has 1 saturated carbocycles. The number of benzene rings is 1. The summed E-state index contributed by atoms with van der Waals surface area (Å²) in [5.41, 5.74) is 8.30. The quantitative estimate of drug-likeness (QED) is 0.794. The smallest absolute Gasteiger partial charge is 0.241 e. The molecule has 4 nitrogen and oxygen atoms in total. The van der Waals surface area contributed by atoms with Gasteiger partial charge in [-0.05, 0) is 61.8 Å². The van der Waals surface area contributed by atoms with Crippen LogP contribution in [0.2, 0.25) is 0 Å². The van der Waals surface area contributed by atoms with E-state index in [0.717, 1.165) is 30.4 Å². The highest BCUT2D eigenvalue weighted by atomic mass is 32.2. The molecule has 1 aliphatic carbocycles. The van der Waals surface area contributed by atoms with Crippen molar-refractivity contribution in [2.75, 3.05) is 5.73 Å². The highest BCUT2D eigenvalue weighted by Crippen LogP contribution is 2.31.